The van der Waals surface area contributed by atoms with Gasteiger partial charge in [-0.15, -0.1) is 0 Å². The van der Waals surface area contributed by atoms with Gasteiger partial charge in [0.25, 0.3) is 0 Å². The number of amides is 2. The molecule has 8 heteroatoms. The van der Waals surface area contributed by atoms with Crippen molar-refractivity contribution in [2.75, 3.05) is 50.7 Å². The first kappa shape index (κ1) is 23.4. The van der Waals surface area contributed by atoms with Crippen molar-refractivity contribution in [2.24, 2.45) is 11.7 Å². The number of hydrogen-bond donors (Lipinski definition) is 1. The summed E-state index contributed by atoms with van der Waals surface area (Å²) >= 11 is 0. The van der Waals surface area contributed by atoms with E-state index in [9.17, 15) is 9.59 Å². The molecule has 2 fully saturated rings. The third-order valence-corrected chi connectivity index (χ3v) is 7.05. The van der Waals surface area contributed by atoms with E-state index in [0.717, 1.165) is 74.7 Å². The lowest BCUT2D eigenvalue weighted by Gasteiger charge is -2.38. The minimum atomic E-state index is -0.272. The number of benzene rings is 1. The van der Waals surface area contributed by atoms with E-state index in [4.69, 9.17) is 15.7 Å². The number of anilines is 1. The molecule has 178 valence electrons. The Bertz CT molecular complexity index is 1010. The van der Waals surface area contributed by atoms with Crippen molar-refractivity contribution in [3.05, 3.63) is 29.5 Å². The highest BCUT2D eigenvalue weighted by atomic mass is 16.2. The molecule has 3 heterocycles. The van der Waals surface area contributed by atoms with Crippen LogP contribution in [0.25, 0.3) is 10.9 Å². The van der Waals surface area contributed by atoms with E-state index >= 15 is 0 Å². The maximum absolute atomic E-state index is 13.1. The highest BCUT2D eigenvalue weighted by Gasteiger charge is 2.31. The lowest BCUT2D eigenvalue weighted by Crippen LogP contribution is -2.52. The van der Waals surface area contributed by atoms with Crippen LogP contribution >= 0.6 is 0 Å². The first-order chi connectivity index (χ1) is 15.8. The standard InChI is InChI=1S/C25H36N6O2/c1-17(2)20-4-5-22-21(16-20)18(3)27-25(28-22)31-10-6-19(7-11-31)24(33)30-14-12-29(13-15-30)9-8-23(26)32/h4-5,16-17,19H,6-15H2,1-3H3,(H2,26,32). The molecule has 0 bridgehead atoms. The van der Waals surface area contributed by atoms with Crippen molar-refractivity contribution in [1.82, 2.24) is 19.8 Å². The number of rotatable bonds is 6. The third kappa shape index (κ3) is 5.43. The second-order valence-electron chi connectivity index (χ2n) is 9.68. The van der Waals surface area contributed by atoms with Crippen LogP contribution in [0.3, 0.4) is 0 Å². The summed E-state index contributed by atoms with van der Waals surface area (Å²) in [5.41, 5.74) is 8.53. The van der Waals surface area contributed by atoms with Crippen molar-refractivity contribution in [2.45, 2.75) is 46.0 Å². The Morgan fingerprint density at radius 2 is 1.76 bits per heavy atom. The van der Waals surface area contributed by atoms with Crippen LogP contribution in [-0.2, 0) is 9.59 Å². The van der Waals surface area contributed by atoms with Gasteiger partial charge in [-0.25, -0.2) is 9.97 Å². The molecule has 1 aromatic carbocycles. The van der Waals surface area contributed by atoms with Gasteiger partial charge in [-0.1, -0.05) is 19.9 Å². The Hall–Kier alpha value is -2.74. The van der Waals surface area contributed by atoms with Crippen LogP contribution in [0.4, 0.5) is 5.95 Å². The molecule has 0 aliphatic carbocycles. The average Bonchev–Trinajstić information content (AvgIpc) is 2.82. The summed E-state index contributed by atoms with van der Waals surface area (Å²) in [6.45, 7) is 11.8. The third-order valence-electron chi connectivity index (χ3n) is 7.05. The van der Waals surface area contributed by atoms with Crippen molar-refractivity contribution < 1.29 is 9.59 Å². The fourth-order valence-electron chi connectivity index (χ4n) is 4.83. The van der Waals surface area contributed by atoms with E-state index in [-0.39, 0.29) is 17.7 Å². The van der Waals surface area contributed by atoms with Crippen molar-refractivity contribution in [1.29, 1.82) is 0 Å². The largest absolute Gasteiger partial charge is 0.370 e. The van der Waals surface area contributed by atoms with E-state index < -0.39 is 0 Å². The molecule has 33 heavy (non-hydrogen) atoms. The number of piperidine rings is 1. The number of nitrogens with zero attached hydrogens (tertiary/aromatic N) is 5. The summed E-state index contributed by atoms with van der Waals surface area (Å²) in [7, 11) is 0. The van der Waals surface area contributed by atoms with Gasteiger partial charge in [-0.3, -0.25) is 14.5 Å². The van der Waals surface area contributed by atoms with Gasteiger partial charge in [0.05, 0.1) is 11.2 Å². The zero-order valence-electron chi connectivity index (χ0n) is 20.1. The maximum atomic E-state index is 13.1. The molecule has 2 aromatic rings. The molecule has 2 amide bonds. The van der Waals surface area contributed by atoms with Crippen LogP contribution in [-0.4, -0.2) is 77.4 Å². The smallest absolute Gasteiger partial charge is 0.226 e. The van der Waals surface area contributed by atoms with Crippen molar-refractivity contribution in [3.63, 3.8) is 0 Å². The number of carbonyl (C=O) groups excluding carboxylic acids is 2. The number of primary amides is 1. The van der Waals surface area contributed by atoms with Crippen molar-refractivity contribution in [3.8, 4) is 0 Å². The van der Waals surface area contributed by atoms with E-state index in [1.165, 1.54) is 5.56 Å². The van der Waals surface area contributed by atoms with Gasteiger partial charge in [-0.2, -0.15) is 0 Å². The van der Waals surface area contributed by atoms with Crippen LogP contribution in [0.5, 0.6) is 0 Å². The zero-order valence-corrected chi connectivity index (χ0v) is 20.1. The predicted molar refractivity (Wildman–Crippen MR) is 130 cm³/mol. The Kier molecular flexibility index (Phi) is 7.12. The first-order valence-electron chi connectivity index (χ1n) is 12.1. The zero-order chi connectivity index (χ0) is 23.5. The van der Waals surface area contributed by atoms with Crippen LogP contribution in [0, 0.1) is 12.8 Å². The summed E-state index contributed by atoms with van der Waals surface area (Å²) < 4.78 is 0. The first-order valence-corrected chi connectivity index (χ1v) is 12.1. The second kappa shape index (κ2) is 10.0. The van der Waals surface area contributed by atoms with Crippen LogP contribution in [0.15, 0.2) is 18.2 Å². The molecule has 2 saturated heterocycles. The molecular weight excluding hydrogens is 416 g/mol. The van der Waals surface area contributed by atoms with E-state index in [0.29, 0.717) is 18.9 Å². The fourth-order valence-corrected chi connectivity index (χ4v) is 4.83. The lowest BCUT2D eigenvalue weighted by atomic mass is 9.95. The quantitative estimate of drug-likeness (QED) is 0.723. The van der Waals surface area contributed by atoms with E-state index in [1.54, 1.807) is 0 Å². The molecule has 0 spiro atoms. The van der Waals surface area contributed by atoms with Crippen LogP contribution in [0.1, 0.15) is 50.3 Å². The monoisotopic (exact) mass is 452 g/mol. The molecule has 2 N–H and O–H groups in total. The number of hydrogen-bond acceptors (Lipinski definition) is 6. The number of carbonyl (C=O) groups is 2. The normalized spacial score (nSPS) is 18.3. The highest BCUT2D eigenvalue weighted by molar-refractivity contribution is 5.83. The van der Waals surface area contributed by atoms with Gasteiger partial charge in [0.1, 0.15) is 0 Å². The van der Waals surface area contributed by atoms with Crippen molar-refractivity contribution >= 4 is 28.7 Å². The van der Waals surface area contributed by atoms with Gasteiger partial charge in [0.2, 0.25) is 17.8 Å². The number of nitrogens with two attached hydrogens (primary N) is 1. The molecule has 0 unspecified atom stereocenters. The second-order valence-corrected chi connectivity index (χ2v) is 9.68. The topological polar surface area (TPSA) is 95.7 Å². The number of fused-ring (bicyclic) bond motifs is 1. The minimum Gasteiger partial charge on any atom is -0.370 e. The van der Waals surface area contributed by atoms with E-state index in [1.807, 2.05) is 4.90 Å². The molecule has 0 radical (unpaired) electrons. The van der Waals surface area contributed by atoms with Gasteiger partial charge in [0.15, 0.2) is 0 Å². The predicted octanol–water partition coefficient (Wildman–Crippen LogP) is 2.30. The Labute approximate surface area is 196 Å². The lowest BCUT2D eigenvalue weighted by molar-refractivity contribution is -0.138. The Balaban J connectivity index is 1.33. The summed E-state index contributed by atoms with van der Waals surface area (Å²) in [5, 5.41) is 1.12. The number of aromatic nitrogens is 2. The summed E-state index contributed by atoms with van der Waals surface area (Å²) in [6.07, 6.45) is 2.03. The van der Waals surface area contributed by atoms with E-state index in [2.05, 4.69) is 48.8 Å². The summed E-state index contributed by atoms with van der Waals surface area (Å²) in [4.78, 5) is 40.1. The number of aryl methyl sites for hydroxylation is 1. The Morgan fingerprint density at radius 1 is 1.06 bits per heavy atom. The molecule has 2 aliphatic rings. The summed E-state index contributed by atoms with van der Waals surface area (Å²) in [6, 6.07) is 6.46. The molecule has 0 atom stereocenters. The molecular formula is C25H36N6O2. The average molecular weight is 453 g/mol. The molecule has 2 aliphatic heterocycles. The van der Waals surface area contributed by atoms with Gasteiger partial charge < -0.3 is 15.5 Å². The van der Waals surface area contributed by atoms with Crippen LogP contribution < -0.4 is 10.6 Å². The summed E-state index contributed by atoms with van der Waals surface area (Å²) in [5.74, 6) is 1.30. The molecule has 0 saturated carbocycles. The van der Waals surface area contributed by atoms with Gasteiger partial charge in [-0.05, 0) is 43.4 Å². The fraction of sp³-hybridized carbons (Fsp3) is 0.600. The van der Waals surface area contributed by atoms with Crippen LogP contribution in [0.2, 0.25) is 0 Å². The molecule has 1 aromatic heterocycles. The Morgan fingerprint density at radius 3 is 2.39 bits per heavy atom. The highest BCUT2D eigenvalue weighted by Crippen LogP contribution is 2.27. The molecule has 8 nitrogen and oxygen atoms in total. The maximum Gasteiger partial charge on any atom is 0.226 e. The molecule has 4 rings (SSSR count). The minimum absolute atomic E-state index is 0.0635. The SMILES string of the molecule is Cc1nc(N2CCC(C(=O)N3CCN(CCC(N)=O)CC3)CC2)nc2ccc(C(C)C)cc12. The van der Waals surface area contributed by atoms with Gasteiger partial charge >= 0.3 is 0 Å². The van der Waals surface area contributed by atoms with Gasteiger partial charge in [0, 0.05) is 63.5 Å². The number of piperazine rings is 1.